The number of anilines is 2. The van der Waals surface area contributed by atoms with Crippen LogP contribution >= 0.6 is 0 Å². The van der Waals surface area contributed by atoms with Gasteiger partial charge in [0.05, 0.1) is 11.2 Å². The van der Waals surface area contributed by atoms with Crippen LogP contribution in [0.4, 0.5) is 16.0 Å². The van der Waals surface area contributed by atoms with Crippen molar-refractivity contribution < 1.29 is 9.50 Å². The van der Waals surface area contributed by atoms with E-state index in [1.807, 2.05) is 35.0 Å². The second kappa shape index (κ2) is 8.45. The van der Waals surface area contributed by atoms with Gasteiger partial charge in [-0.15, -0.1) is 0 Å². The molecule has 0 saturated heterocycles. The number of aliphatic hydroxyl groups is 1. The monoisotopic (exact) mass is 426 g/mol. The highest BCUT2D eigenvalue weighted by atomic mass is 19.1. The van der Waals surface area contributed by atoms with E-state index in [1.54, 1.807) is 30.5 Å². The minimum Gasteiger partial charge on any atom is -0.378 e. The lowest BCUT2D eigenvalue weighted by Gasteiger charge is -2.26. The third-order valence-electron chi connectivity index (χ3n) is 5.82. The molecule has 0 spiro atoms. The fourth-order valence-electron chi connectivity index (χ4n) is 4.08. The molecule has 160 valence electrons. The highest BCUT2D eigenvalue weighted by Gasteiger charge is 2.26. The van der Waals surface area contributed by atoms with E-state index in [9.17, 15) is 9.50 Å². The van der Waals surface area contributed by atoms with Crippen LogP contribution in [0.15, 0.2) is 67.0 Å². The van der Waals surface area contributed by atoms with Crippen LogP contribution < -0.4 is 5.32 Å². The molecule has 6 heteroatoms. The van der Waals surface area contributed by atoms with Gasteiger partial charge in [-0.1, -0.05) is 36.5 Å². The van der Waals surface area contributed by atoms with Gasteiger partial charge in [0.25, 0.3) is 0 Å². The maximum absolute atomic E-state index is 14.0. The number of para-hydroxylation sites is 1. The van der Waals surface area contributed by atoms with Gasteiger partial charge < -0.3 is 15.0 Å². The number of rotatable bonds is 3. The number of halogens is 1. The molecule has 0 bridgehead atoms. The zero-order valence-corrected chi connectivity index (χ0v) is 17.6. The number of hydrogen-bond donors (Lipinski definition) is 2. The molecule has 2 N–H and O–H groups in total. The summed E-state index contributed by atoms with van der Waals surface area (Å²) in [5.41, 5.74) is 1.23. The van der Waals surface area contributed by atoms with Gasteiger partial charge in [-0.05, 0) is 62.1 Å². The standard InChI is InChI=1S/C26H23FN4O/c27-21-6-2-3-7-22(21)29-25-28-16-11-24(30-25)31-17-12-20-9-8-19(18-23(20)31)10-15-26(32)13-4-1-5-14-26/h2-3,6-9,11-12,16-18,32H,1,4-5,13-14H2,(H,28,29,30). The van der Waals surface area contributed by atoms with Gasteiger partial charge in [0.1, 0.15) is 17.2 Å². The second-order valence-electron chi connectivity index (χ2n) is 8.14. The van der Waals surface area contributed by atoms with Crippen molar-refractivity contribution in [2.45, 2.75) is 37.7 Å². The lowest BCUT2D eigenvalue weighted by atomic mass is 9.85. The predicted molar refractivity (Wildman–Crippen MR) is 123 cm³/mol. The normalized spacial score (nSPS) is 15.2. The molecule has 5 rings (SSSR count). The van der Waals surface area contributed by atoms with Crippen molar-refractivity contribution in [1.82, 2.24) is 14.5 Å². The molecule has 0 aliphatic heterocycles. The molecule has 5 nitrogen and oxygen atoms in total. The van der Waals surface area contributed by atoms with Crippen molar-refractivity contribution in [2.24, 2.45) is 0 Å². The molecule has 0 radical (unpaired) electrons. The van der Waals surface area contributed by atoms with E-state index >= 15 is 0 Å². The van der Waals surface area contributed by atoms with Crippen molar-refractivity contribution in [3.05, 3.63) is 78.4 Å². The average Bonchev–Trinajstić information content (AvgIpc) is 3.23. The molecule has 2 aromatic carbocycles. The molecule has 1 aliphatic carbocycles. The number of nitrogens with one attached hydrogen (secondary N) is 1. The molecule has 0 atom stereocenters. The highest BCUT2D eigenvalue weighted by molar-refractivity contribution is 5.83. The first-order valence-corrected chi connectivity index (χ1v) is 10.8. The summed E-state index contributed by atoms with van der Waals surface area (Å²) in [6, 6.07) is 16.2. The summed E-state index contributed by atoms with van der Waals surface area (Å²) >= 11 is 0. The Balaban J connectivity index is 1.46. The number of aromatic nitrogens is 3. The number of hydrogen-bond acceptors (Lipinski definition) is 4. The van der Waals surface area contributed by atoms with E-state index in [4.69, 9.17) is 0 Å². The van der Waals surface area contributed by atoms with E-state index in [1.165, 1.54) is 6.07 Å². The third-order valence-corrected chi connectivity index (χ3v) is 5.82. The minimum absolute atomic E-state index is 0.310. The summed E-state index contributed by atoms with van der Waals surface area (Å²) in [5.74, 6) is 6.87. The highest BCUT2D eigenvalue weighted by Crippen LogP contribution is 2.28. The molecule has 1 saturated carbocycles. The predicted octanol–water partition coefficient (Wildman–Crippen LogP) is 5.35. The Hall–Kier alpha value is -3.69. The molecule has 2 aromatic heterocycles. The maximum atomic E-state index is 14.0. The Bertz CT molecular complexity index is 1330. The molecule has 0 amide bonds. The van der Waals surface area contributed by atoms with Gasteiger partial charge in [0.15, 0.2) is 0 Å². The first-order chi connectivity index (χ1) is 15.6. The summed E-state index contributed by atoms with van der Waals surface area (Å²) in [6.45, 7) is 0. The molecule has 4 aromatic rings. The fraction of sp³-hybridized carbons (Fsp3) is 0.231. The van der Waals surface area contributed by atoms with Crippen molar-refractivity contribution in [3.63, 3.8) is 0 Å². The first-order valence-electron chi connectivity index (χ1n) is 10.8. The van der Waals surface area contributed by atoms with Gasteiger partial charge in [0, 0.05) is 23.3 Å². The summed E-state index contributed by atoms with van der Waals surface area (Å²) in [7, 11) is 0. The molecule has 1 fully saturated rings. The quantitative estimate of drug-likeness (QED) is 0.434. The van der Waals surface area contributed by atoms with Gasteiger partial charge >= 0.3 is 0 Å². The lowest BCUT2D eigenvalue weighted by molar-refractivity contribution is 0.0610. The Labute approximate surface area is 186 Å². The van der Waals surface area contributed by atoms with Gasteiger partial charge in [-0.2, -0.15) is 4.98 Å². The molecular formula is C26H23FN4O. The van der Waals surface area contributed by atoms with Crippen molar-refractivity contribution in [2.75, 3.05) is 5.32 Å². The van der Waals surface area contributed by atoms with Crippen molar-refractivity contribution in [3.8, 4) is 17.7 Å². The van der Waals surface area contributed by atoms with Crippen LogP contribution in [-0.4, -0.2) is 25.2 Å². The Morgan fingerprint density at radius 3 is 2.72 bits per heavy atom. The third kappa shape index (κ3) is 4.20. The molecule has 32 heavy (non-hydrogen) atoms. The van der Waals surface area contributed by atoms with Crippen molar-refractivity contribution in [1.29, 1.82) is 0 Å². The van der Waals surface area contributed by atoms with Crippen LogP contribution in [0.5, 0.6) is 0 Å². The number of nitrogens with zero attached hydrogens (tertiary/aromatic N) is 3. The second-order valence-corrected chi connectivity index (χ2v) is 8.14. The zero-order chi connectivity index (χ0) is 22.0. The van der Waals surface area contributed by atoms with E-state index in [0.29, 0.717) is 17.5 Å². The summed E-state index contributed by atoms with van der Waals surface area (Å²) in [6.07, 6.45) is 8.24. The average molecular weight is 426 g/mol. The maximum Gasteiger partial charge on any atom is 0.229 e. The van der Waals surface area contributed by atoms with E-state index < -0.39 is 5.60 Å². The topological polar surface area (TPSA) is 63.0 Å². The van der Waals surface area contributed by atoms with Gasteiger partial charge in [-0.25, -0.2) is 9.37 Å². The van der Waals surface area contributed by atoms with Gasteiger partial charge in [0.2, 0.25) is 5.95 Å². The smallest absolute Gasteiger partial charge is 0.229 e. The Morgan fingerprint density at radius 1 is 1.03 bits per heavy atom. The fourth-order valence-corrected chi connectivity index (χ4v) is 4.08. The summed E-state index contributed by atoms with van der Waals surface area (Å²) in [4.78, 5) is 8.78. The summed E-state index contributed by atoms with van der Waals surface area (Å²) in [5, 5.41) is 14.7. The van der Waals surface area contributed by atoms with E-state index in [0.717, 1.165) is 48.6 Å². The Kier molecular flexibility index (Phi) is 5.34. The SMILES string of the molecule is OC1(C#Cc2ccc3ccn(-c4ccnc(Nc5ccccc5F)n4)c3c2)CCCCC1. The molecule has 2 heterocycles. The van der Waals surface area contributed by atoms with E-state index in [-0.39, 0.29) is 5.82 Å². The first kappa shape index (κ1) is 20.2. The Morgan fingerprint density at radius 2 is 1.88 bits per heavy atom. The molecule has 0 unspecified atom stereocenters. The van der Waals surface area contributed by atoms with Crippen LogP contribution in [0, 0.1) is 17.7 Å². The number of fused-ring (bicyclic) bond motifs is 1. The zero-order valence-electron chi connectivity index (χ0n) is 17.6. The molecular weight excluding hydrogens is 403 g/mol. The van der Waals surface area contributed by atoms with Crippen molar-refractivity contribution >= 4 is 22.5 Å². The van der Waals surface area contributed by atoms with E-state index in [2.05, 4.69) is 27.1 Å². The summed E-state index contributed by atoms with van der Waals surface area (Å²) < 4.78 is 15.9. The molecule has 1 aliphatic rings. The number of benzene rings is 2. The van der Waals surface area contributed by atoms with Crippen LogP contribution in [0.2, 0.25) is 0 Å². The van der Waals surface area contributed by atoms with Crippen LogP contribution in [0.25, 0.3) is 16.7 Å². The lowest BCUT2D eigenvalue weighted by Crippen LogP contribution is -2.29. The largest absolute Gasteiger partial charge is 0.378 e. The van der Waals surface area contributed by atoms with Crippen LogP contribution in [0.3, 0.4) is 0 Å². The van der Waals surface area contributed by atoms with Crippen LogP contribution in [0.1, 0.15) is 37.7 Å². The minimum atomic E-state index is -0.880. The van der Waals surface area contributed by atoms with Gasteiger partial charge in [-0.3, -0.25) is 0 Å². The van der Waals surface area contributed by atoms with Crippen LogP contribution in [-0.2, 0) is 0 Å².